The van der Waals surface area contributed by atoms with Crippen LogP contribution in [0.4, 0.5) is 4.39 Å². The van der Waals surface area contributed by atoms with E-state index in [0.717, 1.165) is 5.56 Å². The minimum atomic E-state index is -0.292. The molecule has 0 fully saturated rings. The zero-order valence-corrected chi connectivity index (χ0v) is 11.1. The molecule has 0 amide bonds. The summed E-state index contributed by atoms with van der Waals surface area (Å²) in [4.78, 5) is 0. The first kappa shape index (κ1) is 14.1. The van der Waals surface area contributed by atoms with Crippen molar-refractivity contribution in [3.05, 3.63) is 64.4 Å². The summed E-state index contributed by atoms with van der Waals surface area (Å²) in [5.41, 5.74) is 6.72. The van der Waals surface area contributed by atoms with Gasteiger partial charge in [0.15, 0.2) is 5.84 Å². The van der Waals surface area contributed by atoms with Crippen LogP contribution in [0.15, 0.2) is 47.6 Å². The van der Waals surface area contributed by atoms with Crippen LogP contribution in [-0.2, 0) is 6.61 Å². The van der Waals surface area contributed by atoms with Crippen LogP contribution in [0.3, 0.4) is 0 Å². The van der Waals surface area contributed by atoms with Crippen LogP contribution in [0.25, 0.3) is 0 Å². The second-order valence-corrected chi connectivity index (χ2v) is 4.45. The van der Waals surface area contributed by atoms with Gasteiger partial charge in [0.25, 0.3) is 0 Å². The van der Waals surface area contributed by atoms with Crippen LogP contribution in [-0.4, -0.2) is 11.0 Å². The highest BCUT2D eigenvalue weighted by Crippen LogP contribution is 2.23. The first-order chi connectivity index (χ1) is 9.60. The van der Waals surface area contributed by atoms with Gasteiger partial charge in [0.1, 0.15) is 18.2 Å². The summed E-state index contributed by atoms with van der Waals surface area (Å²) in [6.45, 7) is 0.291. The molecule has 3 N–H and O–H groups in total. The maximum atomic E-state index is 12.8. The number of nitrogens with zero attached hydrogens (tertiary/aromatic N) is 1. The van der Waals surface area contributed by atoms with Crippen LogP contribution in [0, 0.1) is 5.82 Å². The van der Waals surface area contributed by atoms with Gasteiger partial charge in [-0.3, -0.25) is 0 Å². The Morgan fingerprint density at radius 3 is 2.55 bits per heavy atom. The van der Waals surface area contributed by atoms with E-state index >= 15 is 0 Å². The molecule has 0 spiro atoms. The predicted molar refractivity (Wildman–Crippen MR) is 74.7 cm³/mol. The highest BCUT2D eigenvalue weighted by atomic mass is 35.5. The molecule has 2 rings (SSSR count). The van der Waals surface area contributed by atoms with Crippen molar-refractivity contribution in [3.8, 4) is 5.75 Å². The molecule has 0 radical (unpaired) electrons. The Morgan fingerprint density at radius 2 is 1.95 bits per heavy atom. The SMILES string of the molecule is N/C(=N/O)c1ccc(OCc2ccc(F)cc2)cc1Cl. The van der Waals surface area contributed by atoms with E-state index in [2.05, 4.69) is 5.16 Å². The number of hydrogen-bond donors (Lipinski definition) is 2. The fourth-order valence-electron chi connectivity index (χ4n) is 1.59. The molecule has 2 aromatic rings. The van der Waals surface area contributed by atoms with Crippen LogP contribution < -0.4 is 10.5 Å². The maximum Gasteiger partial charge on any atom is 0.171 e. The van der Waals surface area contributed by atoms with Gasteiger partial charge in [-0.05, 0) is 35.9 Å². The lowest BCUT2D eigenvalue weighted by atomic mass is 10.2. The van der Waals surface area contributed by atoms with Crippen molar-refractivity contribution in [2.24, 2.45) is 10.9 Å². The van der Waals surface area contributed by atoms with Gasteiger partial charge in [-0.15, -0.1) is 0 Å². The summed E-state index contributed by atoms with van der Waals surface area (Å²) < 4.78 is 18.3. The standard InChI is InChI=1S/C14H12ClFN2O2/c15-13-7-11(5-6-12(13)14(17)18-19)20-8-9-1-3-10(16)4-2-9/h1-7,19H,8H2,(H2,17,18). The Balaban J connectivity index is 2.07. The highest BCUT2D eigenvalue weighted by molar-refractivity contribution is 6.34. The van der Waals surface area contributed by atoms with E-state index in [-0.39, 0.29) is 11.7 Å². The zero-order valence-electron chi connectivity index (χ0n) is 10.4. The topological polar surface area (TPSA) is 67.8 Å². The number of hydrogen-bond acceptors (Lipinski definition) is 3. The minimum absolute atomic E-state index is 0.0694. The van der Waals surface area contributed by atoms with E-state index in [1.807, 2.05) is 0 Å². The number of benzene rings is 2. The van der Waals surface area contributed by atoms with Crippen molar-refractivity contribution in [1.82, 2.24) is 0 Å². The molecule has 0 saturated carbocycles. The van der Waals surface area contributed by atoms with Gasteiger partial charge in [0.2, 0.25) is 0 Å². The third kappa shape index (κ3) is 3.39. The smallest absolute Gasteiger partial charge is 0.171 e. The van der Waals surface area contributed by atoms with Gasteiger partial charge in [-0.1, -0.05) is 28.9 Å². The summed E-state index contributed by atoms with van der Waals surface area (Å²) in [5, 5.41) is 11.8. The molecule has 2 aromatic carbocycles. The molecule has 0 saturated heterocycles. The average Bonchev–Trinajstić information content (AvgIpc) is 2.46. The summed E-state index contributed by atoms with van der Waals surface area (Å²) in [6, 6.07) is 10.8. The lowest BCUT2D eigenvalue weighted by Crippen LogP contribution is -2.13. The van der Waals surface area contributed by atoms with Gasteiger partial charge < -0.3 is 15.7 Å². The third-order valence-corrected chi connectivity index (χ3v) is 2.96. The van der Waals surface area contributed by atoms with Gasteiger partial charge in [-0.2, -0.15) is 0 Å². The van der Waals surface area contributed by atoms with E-state index < -0.39 is 0 Å². The molecule has 0 heterocycles. The Morgan fingerprint density at radius 1 is 1.25 bits per heavy atom. The first-order valence-electron chi connectivity index (χ1n) is 5.75. The van der Waals surface area contributed by atoms with E-state index in [1.165, 1.54) is 12.1 Å². The number of halogens is 2. The van der Waals surface area contributed by atoms with Crippen LogP contribution in [0.5, 0.6) is 5.75 Å². The first-order valence-corrected chi connectivity index (χ1v) is 6.12. The van der Waals surface area contributed by atoms with Gasteiger partial charge in [-0.25, -0.2) is 4.39 Å². The van der Waals surface area contributed by atoms with Crippen LogP contribution >= 0.6 is 11.6 Å². The number of amidine groups is 1. The molecule has 0 atom stereocenters. The zero-order chi connectivity index (χ0) is 14.5. The summed E-state index contributed by atoms with van der Waals surface area (Å²) in [6.07, 6.45) is 0. The maximum absolute atomic E-state index is 12.8. The molecular weight excluding hydrogens is 283 g/mol. The summed E-state index contributed by atoms with van der Waals surface area (Å²) >= 11 is 6.00. The normalized spacial score (nSPS) is 11.4. The third-order valence-electron chi connectivity index (χ3n) is 2.64. The molecule has 0 bridgehead atoms. The van der Waals surface area contributed by atoms with Gasteiger partial charge in [0, 0.05) is 5.56 Å². The summed E-state index contributed by atoms with van der Waals surface area (Å²) in [7, 11) is 0. The lowest BCUT2D eigenvalue weighted by molar-refractivity contribution is 0.306. The molecule has 104 valence electrons. The number of oxime groups is 1. The van der Waals surface area contributed by atoms with Crippen LogP contribution in [0.1, 0.15) is 11.1 Å². The quantitative estimate of drug-likeness (QED) is 0.394. The molecule has 0 aromatic heterocycles. The second kappa shape index (κ2) is 6.25. The van der Waals surface area contributed by atoms with E-state index in [0.29, 0.717) is 22.9 Å². The Bertz CT molecular complexity index is 630. The predicted octanol–water partition coefficient (Wildman–Crippen LogP) is 3.15. The molecule has 6 heteroatoms. The highest BCUT2D eigenvalue weighted by Gasteiger charge is 2.07. The van der Waals surface area contributed by atoms with Crippen molar-refractivity contribution in [2.45, 2.75) is 6.61 Å². The average molecular weight is 295 g/mol. The fourth-order valence-corrected chi connectivity index (χ4v) is 1.86. The van der Waals surface area contributed by atoms with Gasteiger partial charge in [0.05, 0.1) is 5.02 Å². The monoisotopic (exact) mass is 294 g/mol. The lowest BCUT2D eigenvalue weighted by Gasteiger charge is -2.08. The van der Waals surface area contributed by atoms with E-state index in [9.17, 15) is 4.39 Å². The minimum Gasteiger partial charge on any atom is -0.489 e. The molecule has 0 aliphatic rings. The molecule has 4 nitrogen and oxygen atoms in total. The van der Waals surface area contributed by atoms with Gasteiger partial charge >= 0.3 is 0 Å². The van der Waals surface area contributed by atoms with E-state index in [4.69, 9.17) is 27.3 Å². The molecule has 0 unspecified atom stereocenters. The Hall–Kier alpha value is -2.27. The molecule has 0 aliphatic heterocycles. The largest absolute Gasteiger partial charge is 0.489 e. The number of rotatable bonds is 4. The Labute approximate surface area is 120 Å². The summed E-state index contributed by atoms with van der Waals surface area (Å²) in [5.74, 6) is 0.175. The van der Waals surface area contributed by atoms with Crippen molar-refractivity contribution in [3.63, 3.8) is 0 Å². The second-order valence-electron chi connectivity index (χ2n) is 4.04. The van der Waals surface area contributed by atoms with Crippen LogP contribution in [0.2, 0.25) is 5.02 Å². The molecule has 20 heavy (non-hydrogen) atoms. The van der Waals surface area contributed by atoms with Crippen molar-refractivity contribution in [2.75, 3.05) is 0 Å². The fraction of sp³-hybridized carbons (Fsp3) is 0.0714. The van der Waals surface area contributed by atoms with Crippen molar-refractivity contribution >= 4 is 17.4 Å². The van der Waals surface area contributed by atoms with Crippen molar-refractivity contribution < 1.29 is 14.3 Å². The van der Waals surface area contributed by atoms with E-state index in [1.54, 1.807) is 30.3 Å². The molecular formula is C14H12ClFN2O2. The molecule has 0 aliphatic carbocycles. The van der Waals surface area contributed by atoms with Crippen molar-refractivity contribution in [1.29, 1.82) is 0 Å². The number of nitrogens with two attached hydrogens (primary N) is 1. The number of ether oxygens (including phenoxy) is 1. The Kier molecular flexibility index (Phi) is 4.42.